The van der Waals surface area contributed by atoms with Crippen LogP contribution in [-0.4, -0.2) is 15.9 Å². The van der Waals surface area contributed by atoms with E-state index in [9.17, 15) is 4.79 Å². The van der Waals surface area contributed by atoms with Gasteiger partial charge in [-0.3, -0.25) is 4.79 Å². The Morgan fingerprint density at radius 1 is 1.04 bits per heavy atom. The van der Waals surface area contributed by atoms with Crippen LogP contribution in [-0.2, 0) is 6.42 Å². The van der Waals surface area contributed by atoms with Crippen molar-refractivity contribution in [3.63, 3.8) is 0 Å². The minimum atomic E-state index is -0.269. The molecule has 0 spiro atoms. The number of rotatable bonds is 5. The highest BCUT2D eigenvalue weighted by Gasteiger charge is 2.10. The topological polar surface area (TPSA) is 90.7 Å². The standard InChI is InChI=1S/C20H17N5O/c1-2-14-7-3-5-9-17(14)24-19(26)16-12-22-20(23-13-16)25-18-10-6-4-8-15(18)11-21/h3-10,12-13H,2H2,1H3,(H,24,26)(H,22,23,25). The highest BCUT2D eigenvalue weighted by Crippen LogP contribution is 2.18. The van der Waals surface area contributed by atoms with Gasteiger partial charge in [-0.1, -0.05) is 37.3 Å². The lowest BCUT2D eigenvalue weighted by atomic mass is 10.1. The van der Waals surface area contributed by atoms with E-state index in [1.54, 1.807) is 18.2 Å². The van der Waals surface area contributed by atoms with E-state index in [-0.39, 0.29) is 5.91 Å². The van der Waals surface area contributed by atoms with Crippen molar-refractivity contribution in [1.29, 1.82) is 5.26 Å². The molecular formula is C20H17N5O. The summed E-state index contributed by atoms with van der Waals surface area (Å²) in [5, 5.41) is 15.0. The zero-order valence-corrected chi connectivity index (χ0v) is 14.2. The first kappa shape index (κ1) is 17.1. The fourth-order valence-electron chi connectivity index (χ4n) is 2.46. The number of hydrogen-bond donors (Lipinski definition) is 2. The van der Waals surface area contributed by atoms with Crippen molar-refractivity contribution in [3.05, 3.63) is 77.6 Å². The van der Waals surface area contributed by atoms with E-state index >= 15 is 0 Å². The molecule has 0 unspecified atom stereocenters. The molecule has 6 nitrogen and oxygen atoms in total. The van der Waals surface area contributed by atoms with Crippen LogP contribution in [0.25, 0.3) is 0 Å². The number of carbonyl (C=O) groups excluding carboxylic acids is 1. The number of amides is 1. The van der Waals surface area contributed by atoms with Gasteiger partial charge in [0.1, 0.15) is 6.07 Å². The number of benzene rings is 2. The molecule has 0 aliphatic rings. The summed E-state index contributed by atoms with van der Waals surface area (Å²) >= 11 is 0. The molecule has 26 heavy (non-hydrogen) atoms. The number of nitriles is 1. The van der Waals surface area contributed by atoms with Crippen molar-refractivity contribution in [2.75, 3.05) is 10.6 Å². The minimum Gasteiger partial charge on any atom is -0.323 e. The summed E-state index contributed by atoms with van der Waals surface area (Å²) in [6.45, 7) is 2.04. The van der Waals surface area contributed by atoms with Gasteiger partial charge in [-0.25, -0.2) is 9.97 Å². The molecule has 0 aliphatic carbocycles. The van der Waals surface area contributed by atoms with Crippen LogP contribution in [0.3, 0.4) is 0 Å². The van der Waals surface area contributed by atoms with Crippen molar-refractivity contribution in [2.24, 2.45) is 0 Å². The zero-order valence-electron chi connectivity index (χ0n) is 14.2. The van der Waals surface area contributed by atoms with Gasteiger partial charge >= 0.3 is 0 Å². The maximum atomic E-state index is 12.4. The Morgan fingerprint density at radius 3 is 2.38 bits per heavy atom. The van der Waals surface area contributed by atoms with Crippen molar-refractivity contribution < 1.29 is 4.79 Å². The molecule has 0 saturated heterocycles. The second-order valence-electron chi connectivity index (χ2n) is 5.54. The van der Waals surface area contributed by atoms with E-state index in [1.165, 1.54) is 12.4 Å². The first-order chi connectivity index (χ1) is 12.7. The molecule has 0 saturated carbocycles. The Hall–Kier alpha value is -3.72. The monoisotopic (exact) mass is 343 g/mol. The second-order valence-corrected chi connectivity index (χ2v) is 5.54. The normalized spacial score (nSPS) is 10.0. The van der Waals surface area contributed by atoms with Crippen LogP contribution in [0.2, 0.25) is 0 Å². The van der Waals surface area contributed by atoms with Crippen LogP contribution in [0.4, 0.5) is 17.3 Å². The lowest BCUT2D eigenvalue weighted by Gasteiger charge is -2.10. The third-order valence-corrected chi connectivity index (χ3v) is 3.85. The minimum absolute atomic E-state index is 0.269. The van der Waals surface area contributed by atoms with Gasteiger partial charge in [0.2, 0.25) is 5.95 Å². The molecule has 2 N–H and O–H groups in total. The SMILES string of the molecule is CCc1ccccc1NC(=O)c1cnc(Nc2ccccc2C#N)nc1. The van der Waals surface area contributed by atoms with Crippen molar-refractivity contribution >= 4 is 23.2 Å². The number of para-hydroxylation sites is 2. The molecule has 3 rings (SSSR count). The fourth-order valence-corrected chi connectivity index (χ4v) is 2.46. The molecular weight excluding hydrogens is 326 g/mol. The van der Waals surface area contributed by atoms with Gasteiger partial charge in [0.25, 0.3) is 5.91 Å². The lowest BCUT2D eigenvalue weighted by molar-refractivity contribution is 0.102. The quantitative estimate of drug-likeness (QED) is 0.733. The van der Waals surface area contributed by atoms with E-state index in [0.717, 1.165) is 17.7 Å². The van der Waals surface area contributed by atoms with Crippen molar-refractivity contribution in [1.82, 2.24) is 9.97 Å². The molecule has 1 heterocycles. The molecule has 0 radical (unpaired) electrons. The van der Waals surface area contributed by atoms with E-state index in [2.05, 4.69) is 26.7 Å². The predicted molar refractivity (Wildman–Crippen MR) is 100 cm³/mol. The first-order valence-electron chi connectivity index (χ1n) is 8.18. The summed E-state index contributed by atoms with van der Waals surface area (Å²) in [5.41, 5.74) is 3.31. The molecule has 2 aromatic carbocycles. The fraction of sp³-hybridized carbons (Fsp3) is 0.100. The number of nitrogens with zero attached hydrogens (tertiary/aromatic N) is 3. The first-order valence-corrected chi connectivity index (χ1v) is 8.18. The molecule has 0 fully saturated rings. The van der Waals surface area contributed by atoms with E-state index in [0.29, 0.717) is 22.8 Å². The Balaban J connectivity index is 1.73. The Labute approximate surface area is 151 Å². The summed E-state index contributed by atoms with van der Waals surface area (Å²) in [5.74, 6) is 0.0492. The number of nitrogens with one attached hydrogen (secondary N) is 2. The van der Waals surface area contributed by atoms with Gasteiger partial charge in [-0.2, -0.15) is 5.26 Å². The summed E-state index contributed by atoms with van der Waals surface area (Å²) < 4.78 is 0. The Kier molecular flexibility index (Phi) is 5.20. The average molecular weight is 343 g/mol. The van der Waals surface area contributed by atoms with E-state index in [1.807, 2.05) is 37.3 Å². The molecule has 1 aromatic heterocycles. The molecule has 6 heteroatoms. The second kappa shape index (κ2) is 7.90. The third-order valence-electron chi connectivity index (χ3n) is 3.85. The molecule has 128 valence electrons. The predicted octanol–water partition coefficient (Wildman–Crippen LogP) is 3.91. The van der Waals surface area contributed by atoms with Gasteiger partial charge in [0.15, 0.2) is 0 Å². The van der Waals surface area contributed by atoms with Gasteiger partial charge < -0.3 is 10.6 Å². The molecule has 0 aliphatic heterocycles. The molecule has 3 aromatic rings. The maximum absolute atomic E-state index is 12.4. The molecule has 0 atom stereocenters. The van der Waals surface area contributed by atoms with Gasteiger partial charge in [0.05, 0.1) is 16.8 Å². The number of aryl methyl sites for hydroxylation is 1. The number of anilines is 3. The van der Waals surface area contributed by atoms with E-state index in [4.69, 9.17) is 5.26 Å². The van der Waals surface area contributed by atoms with Gasteiger partial charge in [-0.15, -0.1) is 0 Å². The number of carbonyl (C=O) groups is 1. The van der Waals surface area contributed by atoms with Crippen LogP contribution in [0.1, 0.15) is 28.4 Å². The van der Waals surface area contributed by atoms with Crippen LogP contribution in [0.15, 0.2) is 60.9 Å². The number of hydrogen-bond acceptors (Lipinski definition) is 5. The van der Waals surface area contributed by atoms with Crippen molar-refractivity contribution in [2.45, 2.75) is 13.3 Å². The summed E-state index contributed by atoms with van der Waals surface area (Å²) in [7, 11) is 0. The Morgan fingerprint density at radius 2 is 1.69 bits per heavy atom. The van der Waals surface area contributed by atoms with E-state index < -0.39 is 0 Å². The molecule has 1 amide bonds. The average Bonchev–Trinajstić information content (AvgIpc) is 2.69. The van der Waals surface area contributed by atoms with Gasteiger partial charge in [-0.05, 0) is 30.2 Å². The van der Waals surface area contributed by atoms with Gasteiger partial charge in [0, 0.05) is 18.1 Å². The highest BCUT2D eigenvalue weighted by molar-refractivity contribution is 6.04. The largest absolute Gasteiger partial charge is 0.323 e. The van der Waals surface area contributed by atoms with Crippen molar-refractivity contribution in [3.8, 4) is 6.07 Å². The van der Waals surface area contributed by atoms with Crippen LogP contribution in [0, 0.1) is 11.3 Å². The van der Waals surface area contributed by atoms with Crippen LogP contribution in [0.5, 0.6) is 0 Å². The third kappa shape index (κ3) is 3.84. The summed E-state index contributed by atoms with van der Waals surface area (Å²) in [6.07, 6.45) is 3.73. The maximum Gasteiger partial charge on any atom is 0.258 e. The summed E-state index contributed by atoms with van der Waals surface area (Å²) in [4.78, 5) is 20.7. The van der Waals surface area contributed by atoms with Crippen LogP contribution >= 0.6 is 0 Å². The zero-order chi connectivity index (χ0) is 18.4. The molecule has 0 bridgehead atoms. The Bertz CT molecular complexity index is 960. The highest BCUT2D eigenvalue weighted by atomic mass is 16.1. The summed E-state index contributed by atoms with van der Waals surface area (Å²) in [6, 6.07) is 16.8. The van der Waals surface area contributed by atoms with Crippen LogP contribution < -0.4 is 10.6 Å². The lowest BCUT2D eigenvalue weighted by Crippen LogP contribution is -2.14. The number of aromatic nitrogens is 2. The smallest absolute Gasteiger partial charge is 0.258 e.